The number of urea groups is 1. The van der Waals surface area contributed by atoms with Crippen LogP contribution in [0.2, 0.25) is 0 Å². The molecule has 1 unspecified atom stereocenters. The van der Waals surface area contributed by atoms with Gasteiger partial charge in [-0.2, -0.15) is 11.3 Å². The number of carbonyl (C=O) groups excluding carboxylic acids is 1. The number of aliphatic hydroxyl groups is 1. The molecule has 0 saturated heterocycles. The lowest BCUT2D eigenvalue weighted by Crippen LogP contribution is -2.40. The maximum atomic E-state index is 13.4. The Bertz CT molecular complexity index is 630. The van der Waals surface area contributed by atoms with Gasteiger partial charge in [0.2, 0.25) is 0 Å². The van der Waals surface area contributed by atoms with E-state index in [1.807, 2.05) is 5.38 Å². The standard InChI is InChI=1S/C14H14F2N2O2S/c1-14(20,9-4-5-21-7-9)8-17-13(19)18-12-3-2-10(15)6-11(12)16/h2-7,20H,8H2,1H3,(H2,17,18,19). The topological polar surface area (TPSA) is 61.4 Å². The molecule has 1 atom stereocenters. The summed E-state index contributed by atoms with van der Waals surface area (Å²) in [5.41, 5.74) is -0.677. The number of benzene rings is 1. The van der Waals surface area contributed by atoms with Gasteiger partial charge in [0.15, 0.2) is 0 Å². The molecular weight excluding hydrogens is 298 g/mol. The maximum absolute atomic E-state index is 13.4. The summed E-state index contributed by atoms with van der Waals surface area (Å²) in [7, 11) is 0. The molecule has 112 valence electrons. The van der Waals surface area contributed by atoms with Crippen molar-refractivity contribution in [3.8, 4) is 0 Å². The summed E-state index contributed by atoms with van der Waals surface area (Å²) in [5.74, 6) is -1.59. The number of hydrogen-bond donors (Lipinski definition) is 3. The molecule has 1 aromatic heterocycles. The van der Waals surface area contributed by atoms with E-state index in [2.05, 4.69) is 10.6 Å². The number of hydrogen-bond acceptors (Lipinski definition) is 3. The fraction of sp³-hybridized carbons (Fsp3) is 0.214. The summed E-state index contributed by atoms with van der Waals surface area (Å²) < 4.78 is 26.1. The van der Waals surface area contributed by atoms with Crippen molar-refractivity contribution in [1.82, 2.24) is 5.32 Å². The second-order valence-electron chi connectivity index (χ2n) is 4.72. The Morgan fingerprint density at radius 2 is 2.14 bits per heavy atom. The Balaban J connectivity index is 1.93. The van der Waals surface area contributed by atoms with Crippen molar-refractivity contribution >= 4 is 23.1 Å². The number of carbonyl (C=O) groups is 1. The van der Waals surface area contributed by atoms with Crippen LogP contribution in [0.1, 0.15) is 12.5 Å². The van der Waals surface area contributed by atoms with E-state index in [1.165, 1.54) is 11.3 Å². The van der Waals surface area contributed by atoms with E-state index < -0.39 is 23.3 Å². The predicted molar refractivity (Wildman–Crippen MR) is 77.3 cm³/mol. The first-order chi connectivity index (χ1) is 9.88. The number of anilines is 1. The van der Waals surface area contributed by atoms with Gasteiger partial charge >= 0.3 is 6.03 Å². The van der Waals surface area contributed by atoms with E-state index in [0.717, 1.165) is 12.1 Å². The van der Waals surface area contributed by atoms with Crippen LogP contribution in [0.15, 0.2) is 35.0 Å². The summed E-state index contributed by atoms with van der Waals surface area (Å²) in [4.78, 5) is 11.7. The quantitative estimate of drug-likeness (QED) is 0.812. The van der Waals surface area contributed by atoms with Crippen molar-refractivity contribution in [3.05, 3.63) is 52.2 Å². The Kier molecular flexibility index (Phi) is 4.54. The lowest BCUT2D eigenvalue weighted by molar-refractivity contribution is 0.0604. The zero-order chi connectivity index (χ0) is 15.5. The number of halogens is 2. The Hall–Kier alpha value is -1.99. The van der Waals surface area contributed by atoms with Crippen LogP contribution in [0.25, 0.3) is 0 Å². The molecule has 0 fully saturated rings. The molecular formula is C14H14F2N2O2S. The average molecular weight is 312 g/mol. The molecule has 7 heteroatoms. The fourth-order valence-electron chi connectivity index (χ4n) is 1.68. The number of nitrogens with one attached hydrogen (secondary N) is 2. The van der Waals surface area contributed by atoms with Crippen molar-refractivity contribution < 1.29 is 18.7 Å². The van der Waals surface area contributed by atoms with Gasteiger partial charge in [-0.3, -0.25) is 0 Å². The average Bonchev–Trinajstić information content (AvgIpc) is 2.95. The van der Waals surface area contributed by atoms with Gasteiger partial charge in [-0.05, 0) is 41.4 Å². The van der Waals surface area contributed by atoms with Crippen molar-refractivity contribution in [3.63, 3.8) is 0 Å². The van der Waals surface area contributed by atoms with Gasteiger partial charge in [-0.1, -0.05) is 0 Å². The Morgan fingerprint density at radius 3 is 2.76 bits per heavy atom. The van der Waals surface area contributed by atoms with Gasteiger partial charge in [-0.15, -0.1) is 0 Å². The lowest BCUT2D eigenvalue weighted by atomic mass is 9.99. The Labute approximate surface area is 124 Å². The molecule has 0 aliphatic heterocycles. The highest BCUT2D eigenvalue weighted by Gasteiger charge is 2.24. The highest BCUT2D eigenvalue weighted by atomic mass is 32.1. The second-order valence-corrected chi connectivity index (χ2v) is 5.50. The minimum absolute atomic E-state index is 0.0433. The fourth-order valence-corrected chi connectivity index (χ4v) is 2.47. The lowest BCUT2D eigenvalue weighted by Gasteiger charge is -2.22. The van der Waals surface area contributed by atoms with Gasteiger partial charge in [0, 0.05) is 6.07 Å². The van der Waals surface area contributed by atoms with E-state index in [1.54, 1.807) is 18.4 Å². The number of thiophene rings is 1. The van der Waals surface area contributed by atoms with E-state index >= 15 is 0 Å². The van der Waals surface area contributed by atoms with Gasteiger partial charge in [0.05, 0.1) is 12.2 Å². The molecule has 4 nitrogen and oxygen atoms in total. The highest BCUT2D eigenvalue weighted by molar-refractivity contribution is 7.08. The molecule has 0 bridgehead atoms. The zero-order valence-electron chi connectivity index (χ0n) is 11.2. The molecule has 0 spiro atoms. The molecule has 2 amide bonds. The van der Waals surface area contributed by atoms with Crippen LogP contribution in [-0.4, -0.2) is 17.7 Å². The smallest absolute Gasteiger partial charge is 0.319 e. The maximum Gasteiger partial charge on any atom is 0.319 e. The predicted octanol–water partition coefficient (Wildman–Crippen LogP) is 3.06. The molecule has 0 aliphatic rings. The molecule has 2 rings (SSSR count). The van der Waals surface area contributed by atoms with E-state index in [-0.39, 0.29) is 12.2 Å². The van der Waals surface area contributed by atoms with Crippen LogP contribution >= 0.6 is 11.3 Å². The zero-order valence-corrected chi connectivity index (χ0v) is 12.0. The number of rotatable bonds is 4. The third-order valence-corrected chi connectivity index (χ3v) is 3.60. The van der Waals surface area contributed by atoms with E-state index in [0.29, 0.717) is 11.6 Å². The van der Waals surface area contributed by atoms with Gasteiger partial charge < -0.3 is 15.7 Å². The first kappa shape index (κ1) is 15.4. The largest absolute Gasteiger partial charge is 0.384 e. The van der Waals surface area contributed by atoms with Crippen LogP contribution < -0.4 is 10.6 Å². The third-order valence-electron chi connectivity index (χ3n) is 2.92. The van der Waals surface area contributed by atoms with E-state index in [9.17, 15) is 18.7 Å². The molecule has 0 radical (unpaired) electrons. The summed E-state index contributed by atoms with van der Waals surface area (Å²) in [6.45, 7) is 1.52. The summed E-state index contributed by atoms with van der Waals surface area (Å²) in [6.07, 6.45) is 0. The summed E-state index contributed by atoms with van der Waals surface area (Å²) in [5, 5.41) is 18.5. The molecule has 0 saturated carbocycles. The molecule has 3 N–H and O–H groups in total. The second kappa shape index (κ2) is 6.19. The Morgan fingerprint density at radius 1 is 1.38 bits per heavy atom. The van der Waals surface area contributed by atoms with Gasteiger partial charge in [0.1, 0.15) is 17.2 Å². The van der Waals surface area contributed by atoms with Crippen LogP contribution in [-0.2, 0) is 5.60 Å². The SMILES string of the molecule is CC(O)(CNC(=O)Nc1ccc(F)cc1F)c1ccsc1. The molecule has 1 aromatic carbocycles. The monoisotopic (exact) mass is 312 g/mol. The third kappa shape index (κ3) is 3.99. The van der Waals surface area contributed by atoms with E-state index in [4.69, 9.17) is 0 Å². The van der Waals surface area contributed by atoms with Crippen molar-refractivity contribution in [1.29, 1.82) is 0 Å². The highest BCUT2D eigenvalue weighted by Crippen LogP contribution is 2.22. The first-order valence-electron chi connectivity index (χ1n) is 6.13. The summed E-state index contributed by atoms with van der Waals surface area (Å²) in [6, 6.07) is 3.92. The van der Waals surface area contributed by atoms with Gasteiger partial charge in [-0.25, -0.2) is 13.6 Å². The number of amides is 2. The minimum atomic E-state index is -1.22. The van der Waals surface area contributed by atoms with Crippen molar-refractivity contribution in [2.24, 2.45) is 0 Å². The minimum Gasteiger partial charge on any atom is -0.384 e. The van der Waals surface area contributed by atoms with Crippen LogP contribution in [0.4, 0.5) is 19.3 Å². The van der Waals surface area contributed by atoms with Crippen LogP contribution in [0, 0.1) is 11.6 Å². The molecule has 0 aliphatic carbocycles. The van der Waals surface area contributed by atoms with Crippen LogP contribution in [0.5, 0.6) is 0 Å². The summed E-state index contributed by atoms with van der Waals surface area (Å²) >= 11 is 1.43. The van der Waals surface area contributed by atoms with Crippen molar-refractivity contribution in [2.45, 2.75) is 12.5 Å². The molecule has 2 aromatic rings. The van der Waals surface area contributed by atoms with Crippen molar-refractivity contribution in [2.75, 3.05) is 11.9 Å². The first-order valence-corrected chi connectivity index (χ1v) is 7.08. The van der Waals surface area contributed by atoms with Crippen LogP contribution in [0.3, 0.4) is 0 Å². The van der Waals surface area contributed by atoms with Gasteiger partial charge in [0.25, 0.3) is 0 Å². The normalized spacial score (nSPS) is 13.5. The molecule has 1 heterocycles. The molecule has 21 heavy (non-hydrogen) atoms.